The quantitative estimate of drug-likeness (QED) is 0.601. The number of hydrogen-bond acceptors (Lipinski definition) is 5. The van der Waals surface area contributed by atoms with Gasteiger partial charge in [-0.25, -0.2) is 8.42 Å². The van der Waals surface area contributed by atoms with Crippen molar-refractivity contribution in [2.24, 2.45) is 22.7 Å². The van der Waals surface area contributed by atoms with Gasteiger partial charge >= 0.3 is 0 Å². The van der Waals surface area contributed by atoms with Gasteiger partial charge in [-0.15, -0.1) is 0 Å². The minimum absolute atomic E-state index is 0.0493. The van der Waals surface area contributed by atoms with Crippen molar-refractivity contribution in [3.05, 3.63) is 29.8 Å². The Morgan fingerprint density at radius 3 is 2.42 bits per heavy atom. The van der Waals surface area contributed by atoms with Crippen molar-refractivity contribution >= 4 is 15.7 Å². The Hall–Kier alpha value is -1.15. The van der Waals surface area contributed by atoms with Gasteiger partial charge in [-0.1, -0.05) is 45.9 Å². The van der Waals surface area contributed by atoms with Gasteiger partial charge < -0.3 is 15.3 Å². The lowest BCUT2D eigenvalue weighted by atomic mass is 9.64. The van der Waals surface area contributed by atoms with Crippen LogP contribution in [0.3, 0.4) is 0 Å². The summed E-state index contributed by atoms with van der Waals surface area (Å²) in [5, 5.41) is 15.4. The molecule has 4 rings (SSSR count). The maximum absolute atomic E-state index is 13.8. The molecule has 1 aromatic rings. The summed E-state index contributed by atoms with van der Waals surface area (Å²) >= 11 is 0. The van der Waals surface area contributed by atoms with E-state index in [1.54, 1.807) is 4.31 Å². The van der Waals surface area contributed by atoms with E-state index in [0.717, 1.165) is 19.4 Å². The van der Waals surface area contributed by atoms with Crippen LogP contribution in [0.2, 0.25) is 0 Å². The lowest BCUT2D eigenvalue weighted by molar-refractivity contribution is -0.0853. The average molecular weight is 478 g/mol. The maximum Gasteiger partial charge on any atom is 0.214 e. The van der Waals surface area contributed by atoms with Gasteiger partial charge in [0, 0.05) is 43.8 Å². The Balaban J connectivity index is 1.50. The van der Waals surface area contributed by atoms with Crippen LogP contribution in [-0.2, 0) is 10.0 Å². The second-order valence-corrected chi connectivity index (χ2v) is 13.7. The summed E-state index contributed by atoms with van der Waals surface area (Å²) in [4.78, 5) is 2.29. The van der Waals surface area contributed by atoms with Crippen molar-refractivity contribution in [3.63, 3.8) is 0 Å². The molecule has 186 valence electrons. The van der Waals surface area contributed by atoms with E-state index in [9.17, 15) is 13.5 Å². The maximum atomic E-state index is 13.8. The Morgan fingerprint density at radius 2 is 1.82 bits per heavy atom. The van der Waals surface area contributed by atoms with Gasteiger partial charge in [0.1, 0.15) is 0 Å². The Kier molecular flexibility index (Phi) is 6.66. The van der Waals surface area contributed by atoms with Crippen LogP contribution >= 0.6 is 0 Å². The molecule has 0 aromatic heterocycles. The number of piperazine rings is 1. The number of nitrogens with zero attached hydrogens (tertiary/aromatic N) is 2. The van der Waals surface area contributed by atoms with E-state index in [1.807, 2.05) is 12.1 Å². The van der Waals surface area contributed by atoms with Crippen LogP contribution in [-0.4, -0.2) is 68.5 Å². The van der Waals surface area contributed by atoms with Gasteiger partial charge in [-0.05, 0) is 61.6 Å². The summed E-state index contributed by atoms with van der Waals surface area (Å²) in [5.74, 6) is 0.911. The third-order valence-electron chi connectivity index (χ3n) is 9.14. The first kappa shape index (κ1) is 25.0. The van der Waals surface area contributed by atoms with Gasteiger partial charge in [0.15, 0.2) is 0 Å². The second-order valence-electron chi connectivity index (χ2n) is 11.7. The van der Waals surface area contributed by atoms with E-state index in [2.05, 4.69) is 57.0 Å². The fourth-order valence-corrected chi connectivity index (χ4v) is 9.33. The molecule has 0 amide bonds. The topological polar surface area (TPSA) is 72.9 Å². The molecule has 7 heteroatoms. The second kappa shape index (κ2) is 8.81. The largest absolute Gasteiger partial charge is 0.388 e. The van der Waals surface area contributed by atoms with Crippen molar-refractivity contribution < 1.29 is 13.5 Å². The lowest BCUT2D eigenvalue weighted by Gasteiger charge is -2.49. The van der Waals surface area contributed by atoms with Crippen LogP contribution in [0.25, 0.3) is 0 Å². The molecule has 1 heterocycles. The van der Waals surface area contributed by atoms with Crippen LogP contribution in [0.15, 0.2) is 24.3 Å². The molecule has 3 fully saturated rings. The van der Waals surface area contributed by atoms with Gasteiger partial charge in [0.05, 0.1) is 11.4 Å². The first-order valence-corrected chi connectivity index (χ1v) is 14.2. The molecule has 3 aliphatic rings. The highest BCUT2D eigenvalue weighted by Gasteiger charge is 2.71. The van der Waals surface area contributed by atoms with Crippen molar-refractivity contribution in [1.29, 1.82) is 0 Å². The fourth-order valence-electron chi connectivity index (χ4n) is 7.02. The summed E-state index contributed by atoms with van der Waals surface area (Å²) in [6.45, 7) is 14.5. The molecule has 0 spiro atoms. The summed E-state index contributed by atoms with van der Waals surface area (Å²) in [6.07, 6.45) is 2.49. The summed E-state index contributed by atoms with van der Waals surface area (Å²) in [5.41, 5.74) is 0.619. The van der Waals surface area contributed by atoms with Crippen molar-refractivity contribution in [2.75, 3.05) is 49.9 Å². The van der Waals surface area contributed by atoms with Crippen molar-refractivity contribution in [1.82, 2.24) is 9.62 Å². The SMILES string of the molecule is Cc1ccccc1N1CCN(S(=O)(=O)CC23CCC(CC2(O)CNCC(C)C)C3(C)C)CC1. The summed E-state index contributed by atoms with van der Waals surface area (Å²) in [7, 11) is -3.49. The molecular weight excluding hydrogens is 434 g/mol. The number of aliphatic hydroxyl groups is 1. The third kappa shape index (κ3) is 4.24. The van der Waals surface area contributed by atoms with E-state index in [-0.39, 0.29) is 11.2 Å². The van der Waals surface area contributed by atoms with Crippen molar-refractivity contribution in [3.8, 4) is 0 Å². The molecule has 3 unspecified atom stereocenters. The molecule has 1 aromatic carbocycles. The molecule has 3 atom stereocenters. The van der Waals surface area contributed by atoms with Crippen LogP contribution in [0, 0.1) is 29.6 Å². The molecule has 6 nitrogen and oxygen atoms in total. The fraction of sp³-hybridized carbons (Fsp3) is 0.769. The van der Waals surface area contributed by atoms with Gasteiger partial charge in [-0.3, -0.25) is 0 Å². The smallest absolute Gasteiger partial charge is 0.214 e. The number of benzene rings is 1. The molecule has 0 radical (unpaired) electrons. The Labute approximate surface area is 200 Å². The number of aryl methyl sites for hydroxylation is 1. The number of nitrogens with one attached hydrogen (secondary N) is 1. The minimum Gasteiger partial charge on any atom is -0.388 e. The lowest BCUT2D eigenvalue weighted by Crippen LogP contribution is -2.60. The number of hydrogen-bond donors (Lipinski definition) is 2. The molecule has 2 bridgehead atoms. The first-order valence-electron chi connectivity index (χ1n) is 12.6. The number of anilines is 1. The van der Waals surface area contributed by atoms with Crippen LogP contribution in [0.5, 0.6) is 0 Å². The Bertz CT molecular complexity index is 955. The molecule has 2 aliphatic carbocycles. The highest BCUT2D eigenvalue weighted by atomic mass is 32.2. The standard InChI is InChI=1S/C26H43N3O3S/c1-20(2)17-27-18-26(30)16-22-10-11-25(26,24(22,4)5)19-33(31,32)29-14-12-28(13-15-29)23-9-7-6-8-21(23)3/h6-9,20,22,27,30H,10-19H2,1-5H3. The molecule has 33 heavy (non-hydrogen) atoms. The average Bonchev–Trinajstić information content (AvgIpc) is 3.07. The van der Waals surface area contributed by atoms with Gasteiger partial charge in [-0.2, -0.15) is 4.31 Å². The first-order chi connectivity index (χ1) is 15.4. The highest BCUT2D eigenvalue weighted by molar-refractivity contribution is 7.89. The molecule has 2 saturated carbocycles. The summed E-state index contributed by atoms with van der Waals surface area (Å²) < 4.78 is 29.2. The predicted molar refractivity (Wildman–Crippen MR) is 135 cm³/mol. The zero-order valence-electron chi connectivity index (χ0n) is 21.1. The van der Waals surface area contributed by atoms with Crippen LogP contribution in [0.4, 0.5) is 5.69 Å². The van der Waals surface area contributed by atoms with E-state index in [4.69, 9.17) is 0 Å². The van der Waals surface area contributed by atoms with Gasteiger partial charge in [0.2, 0.25) is 10.0 Å². The van der Waals surface area contributed by atoms with E-state index < -0.39 is 21.0 Å². The predicted octanol–water partition coefficient (Wildman–Crippen LogP) is 3.25. The zero-order valence-corrected chi connectivity index (χ0v) is 21.9. The van der Waals surface area contributed by atoms with E-state index in [1.165, 1.54) is 11.3 Å². The third-order valence-corrected chi connectivity index (χ3v) is 11.1. The monoisotopic (exact) mass is 477 g/mol. The van der Waals surface area contributed by atoms with Crippen molar-refractivity contribution in [2.45, 2.75) is 59.5 Å². The molecule has 2 N–H and O–H groups in total. The highest BCUT2D eigenvalue weighted by Crippen LogP contribution is 2.70. The normalized spacial score (nSPS) is 32.1. The van der Waals surface area contributed by atoms with E-state index >= 15 is 0 Å². The molecular formula is C26H43N3O3S. The zero-order chi connectivity index (χ0) is 24.1. The summed E-state index contributed by atoms with van der Waals surface area (Å²) in [6, 6.07) is 8.29. The number of rotatable bonds is 8. The Morgan fingerprint density at radius 1 is 1.15 bits per heavy atom. The molecule has 1 aliphatic heterocycles. The minimum atomic E-state index is -3.49. The van der Waals surface area contributed by atoms with E-state index in [0.29, 0.717) is 51.0 Å². The number of para-hydroxylation sites is 1. The van der Waals surface area contributed by atoms with Crippen LogP contribution < -0.4 is 10.2 Å². The van der Waals surface area contributed by atoms with Gasteiger partial charge in [0.25, 0.3) is 0 Å². The molecule has 1 saturated heterocycles. The number of sulfonamides is 1. The number of fused-ring (bicyclic) bond motifs is 2. The van der Waals surface area contributed by atoms with Crippen LogP contribution in [0.1, 0.15) is 52.5 Å².